The van der Waals surface area contributed by atoms with Crippen LogP contribution in [-0.2, 0) is 4.79 Å². The maximum atomic E-state index is 12.6. The molecule has 2 fully saturated rings. The number of carbonyl (C=O) groups excluding carboxylic acids is 1. The van der Waals surface area contributed by atoms with Crippen LogP contribution in [0.3, 0.4) is 0 Å². The smallest absolute Gasteiger partial charge is 0.240 e. The summed E-state index contributed by atoms with van der Waals surface area (Å²) in [6, 6.07) is 0.458. The van der Waals surface area contributed by atoms with Crippen LogP contribution in [0.25, 0.3) is 0 Å². The second-order valence-corrected chi connectivity index (χ2v) is 6.52. The lowest BCUT2D eigenvalue weighted by molar-refractivity contribution is -0.127. The van der Waals surface area contributed by atoms with Crippen LogP contribution in [0.5, 0.6) is 0 Å². The summed E-state index contributed by atoms with van der Waals surface area (Å²) >= 11 is 0. The van der Waals surface area contributed by atoms with E-state index >= 15 is 0 Å². The van der Waals surface area contributed by atoms with Crippen molar-refractivity contribution >= 4 is 5.91 Å². The molecular weight excluding hydrogens is 250 g/mol. The lowest BCUT2D eigenvalue weighted by Crippen LogP contribution is -2.55. The monoisotopic (exact) mass is 281 g/mol. The van der Waals surface area contributed by atoms with Gasteiger partial charge in [0.15, 0.2) is 0 Å². The van der Waals surface area contributed by atoms with E-state index in [1.807, 2.05) is 0 Å². The lowest BCUT2D eigenvalue weighted by atomic mass is 9.91. The molecule has 2 unspecified atom stereocenters. The summed E-state index contributed by atoms with van der Waals surface area (Å²) in [6.07, 6.45) is 8.09. The number of nitrogens with one attached hydrogen (secondary N) is 2. The third-order valence-electron chi connectivity index (χ3n) is 4.93. The summed E-state index contributed by atoms with van der Waals surface area (Å²) in [5.74, 6) is 0.223. The molecule has 0 radical (unpaired) electrons. The van der Waals surface area contributed by atoms with Gasteiger partial charge in [-0.2, -0.15) is 0 Å². The first-order chi connectivity index (χ1) is 9.68. The molecule has 4 nitrogen and oxygen atoms in total. The first-order valence-corrected chi connectivity index (χ1v) is 8.45. The van der Waals surface area contributed by atoms with Crippen molar-refractivity contribution in [3.8, 4) is 0 Å². The fraction of sp³-hybridized carbons (Fsp3) is 0.938. The molecule has 2 heterocycles. The Bertz CT molecular complexity index is 307. The standard InChI is InChI=1S/C16H31N3O/c1-3-8-16(9-7-10-18-16)15(20)17-13-14(2)19-11-5-4-6-12-19/h14,18H,3-13H2,1-2H3,(H,17,20). The minimum absolute atomic E-state index is 0.223. The molecule has 0 saturated carbocycles. The first-order valence-electron chi connectivity index (χ1n) is 8.45. The molecule has 4 heteroatoms. The predicted octanol–water partition coefficient (Wildman–Crippen LogP) is 1.90. The molecule has 2 N–H and O–H groups in total. The molecule has 0 bridgehead atoms. The summed E-state index contributed by atoms with van der Waals surface area (Å²) in [4.78, 5) is 15.1. The van der Waals surface area contributed by atoms with Gasteiger partial charge in [0.1, 0.15) is 0 Å². The second kappa shape index (κ2) is 7.41. The summed E-state index contributed by atoms with van der Waals surface area (Å²) in [5, 5.41) is 6.65. The molecule has 2 aliphatic rings. The Hall–Kier alpha value is -0.610. The van der Waals surface area contributed by atoms with Crippen molar-refractivity contribution in [1.82, 2.24) is 15.5 Å². The van der Waals surface area contributed by atoms with Crippen LogP contribution in [0.1, 0.15) is 58.8 Å². The zero-order chi connectivity index (χ0) is 14.4. The van der Waals surface area contributed by atoms with E-state index < -0.39 is 0 Å². The van der Waals surface area contributed by atoms with Crippen LogP contribution in [0.4, 0.5) is 0 Å². The number of carbonyl (C=O) groups is 1. The molecule has 0 aromatic carbocycles. The summed E-state index contributed by atoms with van der Waals surface area (Å²) in [6.45, 7) is 8.54. The quantitative estimate of drug-likeness (QED) is 0.781. The van der Waals surface area contributed by atoms with Gasteiger partial charge < -0.3 is 10.6 Å². The SMILES string of the molecule is CCCC1(C(=O)NCC(C)N2CCCCC2)CCCN1. The van der Waals surface area contributed by atoms with Gasteiger partial charge in [-0.25, -0.2) is 0 Å². The number of hydrogen-bond donors (Lipinski definition) is 2. The normalized spacial score (nSPS) is 29.3. The molecule has 2 aliphatic heterocycles. The Morgan fingerprint density at radius 2 is 2.05 bits per heavy atom. The van der Waals surface area contributed by atoms with E-state index in [9.17, 15) is 4.79 Å². The minimum Gasteiger partial charge on any atom is -0.353 e. The second-order valence-electron chi connectivity index (χ2n) is 6.52. The van der Waals surface area contributed by atoms with Crippen LogP contribution >= 0.6 is 0 Å². The van der Waals surface area contributed by atoms with Gasteiger partial charge in [0.2, 0.25) is 5.91 Å². The van der Waals surface area contributed by atoms with E-state index in [-0.39, 0.29) is 11.4 Å². The fourth-order valence-electron chi connectivity index (χ4n) is 3.65. The maximum absolute atomic E-state index is 12.6. The molecule has 1 amide bonds. The Kier molecular flexibility index (Phi) is 5.85. The number of rotatable bonds is 6. The minimum atomic E-state index is -0.281. The van der Waals surface area contributed by atoms with E-state index in [1.54, 1.807) is 0 Å². The molecule has 2 saturated heterocycles. The fourth-order valence-corrected chi connectivity index (χ4v) is 3.65. The van der Waals surface area contributed by atoms with Gasteiger partial charge >= 0.3 is 0 Å². The van der Waals surface area contributed by atoms with Crippen molar-refractivity contribution in [3.05, 3.63) is 0 Å². The van der Waals surface area contributed by atoms with E-state index in [0.717, 1.165) is 38.8 Å². The summed E-state index contributed by atoms with van der Waals surface area (Å²) in [7, 11) is 0. The molecule has 0 aromatic rings. The third-order valence-corrected chi connectivity index (χ3v) is 4.93. The van der Waals surface area contributed by atoms with Gasteiger partial charge in [0, 0.05) is 12.6 Å². The van der Waals surface area contributed by atoms with Crippen LogP contribution in [0, 0.1) is 0 Å². The van der Waals surface area contributed by atoms with Crippen molar-refractivity contribution in [2.24, 2.45) is 0 Å². The van der Waals surface area contributed by atoms with Crippen LogP contribution in [0.15, 0.2) is 0 Å². The van der Waals surface area contributed by atoms with Gasteiger partial charge in [-0.15, -0.1) is 0 Å². The predicted molar refractivity (Wildman–Crippen MR) is 82.8 cm³/mol. The number of piperidine rings is 1. The van der Waals surface area contributed by atoms with Crippen molar-refractivity contribution in [1.29, 1.82) is 0 Å². The highest BCUT2D eigenvalue weighted by atomic mass is 16.2. The molecule has 0 aliphatic carbocycles. The largest absolute Gasteiger partial charge is 0.353 e. The van der Waals surface area contributed by atoms with E-state index in [0.29, 0.717) is 6.04 Å². The average Bonchev–Trinajstić information content (AvgIpc) is 2.95. The highest BCUT2D eigenvalue weighted by molar-refractivity contribution is 5.86. The van der Waals surface area contributed by atoms with Crippen LogP contribution in [-0.4, -0.2) is 48.6 Å². The van der Waals surface area contributed by atoms with E-state index in [4.69, 9.17) is 0 Å². The zero-order valence-electron chi connectivity index (χ0n) is 13.2. The molecule has 2 atom stereocenters. The lowest BCUT2D eigenvalue weighted by Gasteiger charge is -2.34. The van der Waals surface area contributed by atoms with Crippen molar-refractivity contribution < 1.29 is 4.79 Å². The van der Waals surface area contributed by atoms with Gasteiger partial charge in [0.25, 0.3) is 0 Å². The Morgan fingerprint density at radius 1 is 1.30 bits per heavy atom. The van der Waals surface area contributed by atoms with Gasteiger partial charge in [0.05, 0.1) is 5.54 Å². The molecule has 20 heavy (non-hydrogen) atoms. The maximum Gasteiger partial charge on any atom is 0.240 e. The van der Waals surface area contributed by atoms with Crippen molar-refractivity contribution in [2.75, 3.05) is 26.2 Å². The highest BCUT2D eigenvalue weighted by Crippen LogP contribution is 2.25. The average molecular weight is 281 g/mol. The number of likely N-dealkylation sites (tertiary alicyclic amines) is 1. The van der Waals surface area contributed by atoms with E-state index in [1.165, 1.54) is 32.4 Å². The van der Waals surface area contributed by atoms with Crippen molar-refractivity contribution in [2.45, 2.75) is 70.4 Å². The zero-order valence-corrected chi connectivity index (χ0v) is 13.2. The molecule has 0 spiro atoms. The van der Waals surface area contributed by atoms with Crippen molar-refractivity contribution in [3.63, 3.8) is 0 Å². The molecule has 0 aromatic heterocycles. The Labute approximate surface area is 123 Å². The molecule has 2 rings (SSSR count). The number of amides is 1. The van der Waals surface area contributed by atoms with Gasteiger partial charge in [-0.3, -0.25) is 9.69 Å². The van der Waals surface area contributed by atoms with Crippen LogP contribution in [0.2, 0.25) is 0 Å². The summed E-state index contributed by atoms with van der Waals surface area (Å²) < 4.78 is 0. The molecular formula is C16H31N3O. The topological polar surface area (TPSA) is 44.4 Å². The molecule has 116 valence electrons. The number of hydrogen-bond acceptors (Lipinski definition) is 3. The third kappa shape index (κ3) is 3.73. The Balaban J connectivity index is 1.81. The summed E-state index contributed by atoms with van der Waals surface area (Å²) in [5.41, 5.74) is -0.281. The first kappa shape index (κ1) is 15.8. The number of nitrogens with zero attached hydrogens (tertiary/aromatic N) is 1. The Morgan fingerprint density at radius 3 is 2.65 bits per heavy atom. The highest BCUT2D eigenvalue weighted by Gasteiger charge is 2.39. The van der Waals surface area contributed by atoms with Crippen LogP contribution < -0.4 is 10.6 Å². The van der Waals surface area contributed by atoms with E-state index in [2.05, 4.69) is 29.4 Å². The van der Waals surface area contributed by atoms with Gasteiger partial charge in [-0.05, 0) is 58.7 Å². The van der Waals surface area contributed by atoms with Gasteiger partial charge in [-0.1, -0.05) is 19.8 Å².